The molecule has 1 aromatic carbocycles. The van der Waals surface area contributed by atoms with E-state index in [-0.39, 0.29) is 24.6 Å². The lowest BCUT2D eigenvalue weighted by Crippen LogP contribution is -2.50. The van der Waals surface area contributed by atoms with E-state index in [9.17, 15) is 23.8 Å². The summed E-state index contributed by atoms with van der Waals surface area (Å²) in [6.07, 6.45) is -2.27. The average Bonchev–Trinajstić information content (AvgIpc) is 2.98. The maximum absolute atomic E-state index is 13.7. The molecule has 2 N–H and O–H groups in total. The lowest BCUT2D eigenvalue weighted by molar-refractivity contribution is -0.212. The van der Waals surface area contributed by atoms with Gasteiger partial charge in [0, 0.05) is 6.07 Å². The molecule has 0 bridgehead atoms. The molecule has 3 rings (SSSR count). The molecule has 122 valence electrons. The summed E-state index contributed by atoms with van der Waals surface area (Å²) in [5.41, 5.74) is -0.591. The zero-order valence-electron chi connectivity index (χ0n) is 11.6. The van der Waals surface area contributed by atoms with Gasteiger partial charge in [0.15, 0.2) is 0 Å². The van der Waals surface area contributed by atoms with Gasteiger partial charge >= 0.3 is 5.91 Å². The summed E-state index contributed by atoms with van der Waals surface area (Å²) < 4.78 is 32.2. The third-order valence-electron chi connectivity index (χ3n) is 3.36. The van der Waals surface area contributed by atoms with Crippen molar-refractivity contribution in [3.8, 4) is 11.3 Å². The molecule has 9 heteroatoms. The Kier molecular flexibility index (Phi) is 4.07. The average molecular weight is 326 g/mol. The fraction of sp³-hybridized carbons (Fsp3) is 0.286. The van der Waals surface area contributed by atoms with Crippen LogP contribution in [0.3, 0.4) is 0 Å². The lowest BCUT2D eigenvalue weighted by Gasteiger charge is -2.31. The van der Waals surface area contributed by atoms with E-state index in [1.807, 2.05) is 0 Å². The highest BCUT2D eigenvalue weighted by molar-refractivity contribution is 5.91. The molecule has 1 fully saturated rings. The molecule has 2 aromatic rings. The maximum atomic E-state index is 13.7. The van der Waals surface area contributed by atoms with Gasteiger partial charge in [-0.2, -0.15) is 0 Å². The Balaban J connectivity index is 1.83. The van der Waals surface area contributed by atoms with E-state index in [1.165, 1.54) is 6.07 Å². The number of nitrogens with zero attached hydrogens (tertiary/aromatic N) is 2. The number of carbonyl (C=O) groups excluding carboxylic acids is 1. The van der Waals surface area contributed by atoms with Crippen LogP contribution in [0.4, 0.5) is 8.78 Å². The van der Waals surface area contributed by atoms with Crippen molar-refractivity contribution in [3.63, 3.8) is 0 Å². The van der Waals surface area contributed by atoms with E-state index in [1.54, 1.807) is 0 Å². The number of rotatable bonds is 2. The molecule has 0 saturated carbocycles. The first-order chi connectivity index (χ1) is 11.0. The minimum atomic E-state index is -1.17. The minimum Gasteiger partial charge on any atom is -0.388 e. The molecule has 0 unspecified atom stereocenters. The highest BCUT2D eigenvalue weighted by atomic mass is 19.1. The van der Waals surface area contributed by atoms with Crippen molar-refractivity contribution in [2.45, 2.75) is 12.2 Å². The third kappa shape index (κ3) is 2.93. The number of amides is 1. The molecule has 1 aliphatic heterocycles. The topological polar surface area (TPSA) is 96.0 Å². The molecule has 1 amide bonds. The monoisotopic (exact) mass is 326 g/mol. The van der Waals surface area contributed by atoms with E-state index >= 15 is 0 Å². The number of halogens is 2. The number of carbonyl (C=O) groups is 1. The van der Waals surface area contributed by atoms with Gasteiger partial charge in [-0.15, -0.1) is 0 Å². The Hall–Kier alpha value is -2.36. The number of aliphatic hydroxyl groups is 2. The summed E-state index contributed by atoms with van der Waals surface area (Å²) in [6.45, 7) is -0.542. The Morgan fingerprint density at radius 3 is 2.61 bits per heavy atom. The van der Waals surface area contributed by atoms with E-state index < -0.39 is 35.3 Å². The molecule has 2 atom stereocenters. The number of aliphatic hydroxyl groups excluding tert-OH is 2. The second-order valence-corrected chi connectivity index (χ2v) is 4.97. The number of hydrogen-bond donors (Lipinski definition) is 2. The first kappa shape index (κ1) is 15.5. The van der Waals surface area contributed by atoms with Gasteiger partial charge in [-0.25, -0.2) is 13.8 Å². The lowest BCUT2D eigenvalue weighted by atomic mass is 10.1. The second kappa shape index (κ2) is 6.03. The van der Waals surface area contributed by atoms with Crippen LogP contribution in [-0.4, -0.2) is 51.7 Å². The normalized spacial score (nSPS) is 21.5. The van der Waals surface area contributed by atoms with E-state index in [2.05, 4.69) is 5.16 Å². The SMILES string of the molecule is O=C(c1cc(-c2c(F)cccc2F)no1)N1C[C@H](O)[C@H](O)CO1. The van der Waals surface area contributed by atoms with Gasteiger partial charge in [0.25, 0.3) is 0 Å². The van der Waals surface area contributed by atoms with Crippen LogP contribution in [0.5, 0.6) is 0 Å². The van der Waals surface area contributed by atoms with E-state index in [0.29, 0.717) is 0 Å². The molecule has 23 heavy (non-hydrogen) atoms. The smallest absolute Gasteiger partial charge is 0.316 e. The number of benzene rings is 1. The summed E-state index contributed by atoms with van der Waals surface area (Å²) >= 11 is 0. The van der Waals surface area contributed by atoms with Crippen molar-refractivity contribution >= 4 is 5.91 Å². The van der Waals surface area contributed by atoms with Gasteiger partial charge in [-0.05, 0) is 12.1 Å². The van der Waals surface area contributed by atoms with Crippen LogP contribution in [0.2, 0.25) is 0 Å². The maximum Gasteiger partial charge on any atom is 0.316 e. The molecule has 1 aliphatic rings. The van der Waals surface area contributed by atoms with Crippen LogP contribution in [0.25, 0.3) is 11.3 Å². The molecular weight excluding hydrogens is 314 g/mol. The minimum absolute atomic E-state index is 0.179. The number of hydroxylamine groups is 2. The Morgan fingerprint density at radius 2 is 1.96 bits per heavy atom. The Morgan fingerprint density at radius 1 is 1.26 bits per heavy atom. The summed E-state index contributed by atoms with van der Waals surface area (Å²) in [5.74, 6) is -2.78. The molecule has 7 nitrogen and oxygen atoms in total. The van der Waals surface area contributed by atoms with Crippen LogP contribution < -0.4 is 0 Å². The third-order valence-corrected chi connectivity index (χ3v) is 3.36. The number of aromatic nitrogens is 1. The van der Waals surface area contributed by atoms with Crippen molar-refractivity contribution in [2.75, 3.05) is 13.2 Å². The number of hydrogen-bond acceptors (Lipinski definition) is 6. The molecular formula is C14H12F2N2O5. The van der Waals surface area contributed by atoms with Gasteiger partial charge in [-0.1, -0.05) is 11.2 Å². The summed E-state index contributed by atoms with van der Waals surface area (Å²) in [4.78, 5) is 17.1. The van der Waals surface area contributed by atoms with Crippen LogP contribution in [0.15, 0.2) is 28.8 Å². The van der Waals surface area contributed by atoms with Gasteiger partial charge in [0.2, 0.25) is 5.76 Å². The van der Waals surface area contributed by atoms with E-state index in [0.717, 1.165) is 23.3 Å². The number of β-amino-alcohol motifs (C(OH)–C–C–N with tert-alkyl or cyclic N) is 1. The zero-order chi connectivity index (χ0) is 16.6. The summed E-state index contributed by atoms with van der Waals surface area (Å²) in [6, 6.07) is 4.39. The predicted molar refractivity (Wildman–Crippen MR) is 70.9 cm³/mol. The first-order valence-electron chi connectivity index (χ1n) is 6.69. The van der Waals surface area contributed by atoms with Crippen molar-refractivity contribution in [1.29, 1.82) is 0 Å². The van der Waals surface area contributed by atoms with Crippen molar-refractivity contribution in [1.82, 2.24) is 10.2 Å². The molecule has 0 radical (unpaired) electrons. The van der Waals surface area contributed by atoms with Crippen molar-refractivity contribution in [2.24, 2.45) is 0 Å². The first-order valence-corrected chi connectivity index (χ1v) is 6.69. The Labute approximate surface area is 128 Å². The van der Waals surface area contributed by atoms with Gasteiger partial charge < -0.3 is 14.7 Å². The highest BCUT2D eigenvalue weighted by Crippen LogP contribution is 2.26. The summed E-state index contributed by atoms with van der Waals surface area (Å²) in [7, 11) is 0. The molecule has 2 heterocycles. The quantitative estimate of drug-likeness (QED) is 0.845. The second-order valence-electron chi connectivity index (χ2n) is 4.97. The summed E-state index contributed by atoms with van der Waals surface area (Å²) in [5, 5.41) is 23.1. The fourth-order valence-electron chi connectivity index (χ4n) is 2.12. The highest BCUT2D eigenvalue weighted by Gasteiger charge is 2.32. The largest absolute Gasteiger partial charge is 0.388 e. The van der Waals surface area contributed by atoms with Gasteiger partial charge in [0.1, 0.15) is 36.1 Å². The predicted octanol–water partition coefficient (Wildman–Crippen LogP) is 0.729. The van der Waals surface area contributed by atoms with Gasteiger partial charge in [0.05, 0.1) is 12.1 Å². The molecule has 1 aromatic heterocycles. The van der Waals surface area contributed by atoms with E-state index in [4.69, 9.17) is 9.36 Å². The van der Waals surface area contributed by atoms with Crippen LogP contribution in [0, 0.1) is 11.6 Å². The van der Waals surface area contributed by atoms with Crippen molar-refractivity contribution < 1.29 is 33.1 Å². The van der Waals surface area contributed by atoms with Gasteiger partial charge in [-0.3, -0.25) is 9.63 Å². The standard InChI is InChI=1S/C14H12F2N2O5/c15-7-2-1-3-8(16)13(7)9-4-12(23-17-9)14(21)18-5-10(19)11(20)6-22-18/h1-4,10-11,19-20H,5-6H2/t10-,11+/m0/s1. The molecule has 1 saturated heterocycles. The molecule has 0 aliphatic carbocycles. The van der Waals surface area contributed by atoms with Crippen LogP contribution in [0.1, 0.15) is 10.6 Å². The Bertz CT molecular complexity index is 715. The van der Waals surface area contributed by atoms with Crippen LogP contribution in [-0.2, 0) is 4.84 Å². The zero-order valence-corrected chi connectivity index (χ0v) is 11.6. The fourth-order valence-corrected chi connectivity index (χ4v) is 2.12. The van der Waals surface area contributed by atoms with Crippen LogP contribution >= 0.6 is 0 Å². The molecule has 0 spiro atoms. The van der Waals surface area contributed by atoms with Crippen molar-refractivity contribution in [3.05, 3.63) is 41.7 Å².